The maximum absolute atomic E-state index is 2.41. The van der Waals surface area contributed by atoms with E-state index in [1.54, 1.807) is 15.9 Å². The molecule has 0 aliphatic rings. The summed E-state index contributed by atoms with van der Waals surface area (Å²) in [7, 11) is 0. The SMILES string of the molecule is Cc1cc(C)c(-p2p(-c3c(C)cc(C)cc3C)p2-c2c(C)cc(C)cc2C)c(C)c1. The van der Waals surface area contributed by atoms with Crippen molar-refractivity contribution in [3.05, 3.63) is 86.5 Å². The maximum atomic E-state index is 2.41. The molecule has 3 heteroatoms. The summed E-state index contributed by atoms with van der Waals surface area (Å²) in [6, 6.07) is 14.5. The molecule has 1 aromatic heterocycles. The van der Waals surface area contributed by atoms with Gasteiger partial charge in [-0.2, -0.15) is 0 Å². The molecule has 0 radical (unpaired) electrons. The van der Waals surface area contributed by atoms with Crippen molar-refractivity contribution >= 4 is 20.7 Å². The van der Waals surface area contributed by atoms with Crippen LogP contribution in [0.25, 0.3) is 15.9 Å². The number of hydrogen-bond donors (Lipinski definition) is 0. The van der Waals surface area contributed by atoms with Crippen LogP contribution in [0.1, 0.15) is 50.1 Å². The zero-order chi connectivity index (χ0) is 21.9. The third kappa shape index (κ3) is 3.69. The van der Waals surface area contributed by atoms with Gasteiger partial charge in [-0.3, -0.25) is 0 Å². The number of rotatable bonds is 3. The van der Waals surface area contributed by atoms with E-state index in [0.29, 0.717) is 0 Å². The average molecular weight is 450 g/mol. The fourth-order valence-corrected chi connectivity index (χ4v) is 29.0. The average Bonchev–Trinajstić information content (AvgIpc) is 3.25. The Labute approximate surface area is 185 Å². The van der Waals surface area contributed by atoms with Crippen LogP contribution in [-0.2, 0) is 0 Å². The molecule has 0 saturated heterocycles. The Morgan fingerprint density at radius 1 is 0.333 bits per heavy atom. The van der Waals surface area contributed by atoms with Gasteiger partial charge in [0.15, 0.2) is 0 Å². The van der Waals surface area contributed by atoms with Crippen LogP contribution in [0.5, 0.6) is 0 Å². The molecule has 0 fully saturated rings. The molecule has 0 nitrogen and oxygen atoms in total. The molecule has 0 atom stereocenters. The predicted molar refractivity (Wildman–Crippen MR) is 141 cm³/mol. The van der Waals surface area contributed by atoms with Crippen molar-refractivity contribution in [3.63, 3.8) is 0 Å². The molecule has 0 aliphatic heterocycles. The van der Waals surface area contributed by atoms with Crippen molar-refractivity contribution in [2.24, 2.45) is 0 Å². The molecule has 30 heavy (non-hydrogen) atoms. The molecule has 0 bridgehead atoms. The molecule has 1 heterocycles. The lowest BCUT2D eigenvalue weighted by atomic mass is 10.1. The quantitative estimate of drug-likeness (QED) is 0.291. The summed E-state index contributed by atoms with van der Waals surface area (Å²) in [6.45, 7) is 20.4. The molecular weight excluding hydrogens is 417 g/mol. The van der Waals surface area contributed by atoms with E-state index in [2.05, 4.69) is 98.7 Å². The number of benzene rings is 3. The highest BCUT2D eigenvalue weighted by molar-refractivity contribution is 8.77. The van der Waals surface area contributed by atoms with Gasteiger partial charge >= 0.3 is 0 Å². The zero-order valence-corrected chi connectivity index (χ0v) is 22.5. The van der Waals surface area contributed by atoms with Crippen molar-refractivity contribution in [1.82, 2.24) is 0 Å². The largest absolute Gasteiger partial charge is 0.0554 e. The molecule has 0 saturated carbocycles. The highest BCUT2D eigenvalue weighted by Gasteiger charge is 2.32. The van der Waals surface area contributed by atoms with Gasteiger partial charge in [-0.05, 0) is 116 Å². The Hall–Kier alpha value is -1.44. The lowest BCUT2D eigenvalue weighted by Crippen LogP contribution is -1.84. The number of hydrogen-bond acceptors (Lipinski definition) is 0. The third-order valence-electron chi connectivity index (χ3n) is 6.01. The smallest absolute Gasteiger partial charge is 0.0122 e. The van der Waals surface area contributed by atoms with Crippen LogP contribution < -0.4 is 0 Å². The van der Waals surface area contributed by atoms with E-state index in [4.69, 9.17) is 0 Å². The molecule has 0 N–H and O–H groups in total. The maximum Gasteiger partial charge on any atom is 0.0122 e. The molecule has 4 rings (SSSR count). The monoisotopic (exact) mass is 450 g/mol. The number of aryl methyl sites for hydroxylation is 9. The normalized spacial score (nSPS) is 13.3. The van der Waals surface area contributed by atoms with Gasteiger partial charge in [-0.1, -0.05) is 53.1 Å². The van der Waals surface area contributed by atoms with Gasteiger partial charge in [-0.15, -0.1) is 0 Å². The van der Waals surface area contributed by atoms with Gasteiger partial charge in [0.25, 0.3) is 0 Å². The highest BCUT2D eigenvalue weighted by atomic mass is 32.7. The van der Waals surface area contributed by atoms with E-state index >= 15 is 0 Å². The summed E-state index contributed by atoms with van der Waals surface area (Å²) in [5, 5.41) is 5.10. The van der Waals surface area contributed by atoms with Crippen molar-refractivity contribution in [2.75, 3.05) is 0 Å². The van der Waals surface area contributed by atoms with Crippen LogP contribution in [-0.4, -0.2) is 0 Å². The standard InChI is InChI=1S/C27H33P3/c1-16-10-19(4)25(20(5)11-16)28-29(26-21(6)12-17(2)13-22(26)7)30(28)27-23(8)14-18(3)15-24(27)9/h10-15H,1-9H3. The van der Waals surface area contributed by atoms with E-state index in [9.17, 15) is 0 Å². The predicted octanol–water partition coefficient (Wildman–Crippen LogP) is 10.4. The van der Waals surface area contributed by atoms with Crippen LogP contribution >= 0.6 is 20.7 Å². The second-order valence-corrected chi connectivity index (χ2v) is 22.2. The fraction of sp³-hybridized carbons (Fsp3) is 0.333. The Balaban J connectivity index is 2.07. The lowest BCUT2D eigenvalue weighted by Gasteiger charge is -2.10. The fourth-order valence-electron chi connectivity index (χ4n) is 5.16. The van der Waals surface area contributed by atoms with Gasteiger partial charge in [-0.25, -0.2) is 0 Å². The molecule has 0 unspecified atom stereocenters. The summed E-state index contributed by atoms with van der Waals surface area (Å²) in [5.41, 5.74) is 13.3. The highest BCUT2D eigenvalue weighted by Crippen LogP contribution is 2.98. The first-order valence-corrected chi connectivity index (χ1v) is 16.9. The third-order valence-corrected chi connectivity index (χ3v) is 23.4. The Bertz CT molecular complexity index is 1040. The molecule has 0 aliphatic carbocycles. The van der Waals surface area contributed by atoms with Crippen molar-refractivity contribution < 1.29 is 0 Å². The summed E-state index contributed by atoms with van der Waals surface area (Å²) in [6.07, 6.45) is 0. The van der Waals surface area contributed by atoms with Crippen LogP contribution in [0, 0.1) is 62.3 Å². The first-order valence-electron chi connectivity index (χ1n) is 10.7. The second-order valence-electron chi connectivity index (χ2n) is 9.11. The minimum absolute atomic E-state index is 0.134. The van der Waals surface area contributed by atoms with Gasteiger partial charge in [0, 0.05) is 15.9 Å². The molecular formula is C27H33P3. The molecule has 3 aromatic carbocycles. The summed E-state index contributed by atoms with van der Waals surface area (Å²) in [4.78, 5) is 0. The van der Waals surface area contributed by atoms with Crippen molar-refractivity contribution in [3.8, 4) is 15.9 Å². The Morgan fingerprint density at radius 2 is 0.500 bits per heavy atom. The van der Waals surface area contributed by atoms with Gasteiger partial charge < -0.3 is 0 Å². The van der Waals surface area contributed by atoms with E-state index in [1.165, 1.54) is 50.1 Å². The zero-order valence-electron chi connectivity index (χ0n) is 19.8. The lowest BCUT2D eigenvalue weighted by molar-refractivity contribution is 1.35. The summed E-state index contributed by atoms with van der Waals surface area (Å²) in [5.74, 6) is 0. The Kier molecular flexibility index (Phi) is 5.75. The summed E-state index contributed by atoms with van der Waals surface area (Å²) < 4.78 is 0. The van der Waals surface area contributed by atoms with Crippen LogP contribution in [0.15, 0.2) is 36.4 Å². The van der Waals surface area contributed by atoms with E-state index in [-0.39, 0.29) is 20.7 Å². The van der Waals surface area contributed by atoms with E-state index in [1.807, 2.05) is 0 Å². The molecule has 0 spiro atoms. The minimum Gasteiger partial charge on any atom is -0.0554 e. The van der Waals surface area contributed by atoms with Crippen molar-refractivity contribution in [1.29, 1.82) is 0 Å². The van der Waals surface area contributed by atoms with Crippen LogP contribution in [0.2, 0.25) is 0 Å². The first-order chi connectivity index (χ1) is 14.1. The van der Waals surface area contributed by atoms with Gasteiger partial charge in [0.1, 0.15) is 0 Å². The van der Waals surface area contributed by atoms with Gasteiger partial charge in [0.2, 0.25) is 0 Å². The first kappa shape index (κ1) is 21.8. The van der Waals surface area contributed by atoms with E-state index in [0.717, 1.165) is 0 Å². The molecule has 156 valence electrons. The van der Waals surface area contributed by atoms with Crippen molar-refractivity contribution in [2.45, 2.75) is 62.3 Å². The summed E-state index contributed by atoms with van der Waals surface area (Å²) >= 11 is 0. The van der Waals surface area contributed by atoms with E-state index < -0.39 is 0 Å². The Morgan fingerprint density at radius 3 is 0.667 bits per heavy atom. The van der Waals surface area contributed by atoms with Crippen LogP contribution in [0.3, 0.4) is 0 Å². The van der Waals surface area contributed by atoms with Gasteiger partial charge in [0.05, 0.1) is 0 Å². The topological polar surface area (TPSA) is 0 Å². The molecule has 4 aromatic rings. The second kappa shape index (κ2) is 7.92. The minimum atomic E-state index is -0.134. The molecule has 0 amide bonds. The van der Waals surface area contributed by atoms with Crippen LogP contribution in [0.4, 0.5) is 0 Å².